The van der Waals surface area contributed by atoms with E-state index < -0.39 is 12.2 Å². The molecule has 0 atom stereocenters. The molecule has 3 aromatic rings. The predicted octanol–water partition coefficient (Wildman–Crippen LogP) is 1.19. The lowest BCUT2D eigenvalue weighted by molar-refractivity contribution is 0.121. The lowest BCUT2D eigenvalue weighted by atomic mass is 10.3. The minimum atomic E-state index is -2.88. The lowest BCUT2D eigenvalue weighted by Gasteiger charge is -2.30. The fourth-order valence-corrected chi connectivity index (χ4v) is 3.97. The molecule has 0 amide bonds. The van der Waals surface area contributed by atoms with E-state index in [1.54, 1.807) is 18.2 Å². The molecule has 11 nitrogen and oxygen atoms in total. The smallest absolute Gasteiger partial charge is 0.296 e. The van der Waals surface area contributed by atoms with Crippen molar-refractivity contribution in [1.82, 2.24) is 24.5 Å². The summed E-state index contributed by atoms with van der Waals surface area (Å²) in [6, 6.07) is 4.96. The van der Waals surface area contributed by atoms with Gasteiger partial charge in [-0.25, -0.2) is 13.8 Å². The van der Waals surface area contributed by atoms with Crippen molar-refractivity contribution >= 4 is 22.9 Å². The summed E-state index contributed by atoms with van der Waals surface area (Å²) in [4.78, 5) is 21.9. The highest BCUT2D eigenvalue weighted by atomic mass is 19.3. The van der Waals surface area contributed by atoms with Crippen molar-refractivity contribution in [2.75, 3.05) is 75.6 Å². The van der Waals surface area contributed by atoms with Gasteiger partial charge < -0.3 is 29.1 Å². The first-order valence-corrected chi connectivity index (χ1v) is 11.1. The highest BCUT2D eigenvalue weighted by Gasteiger charge is 2.27. The van der Waals surface area contributed by atoms with Gasteiger partial charge in [-0.05, 0) is 12.1 Å². The molecule has 182 valence electrons. The molecule has 13 heteroatoms. The monoisotopic (exact) mass is 477 g/mol. The lowest BCUT2D eigenvalue weighted by Crippen LogP contribution is -2.40. The number of aliphatic hydroxyl groups excluding tert-OH is 1. The molecule has 2 aromatic heterocycles. The second-order valence-corrected chi connectivity index (χ2v) is 7.74. The maximum Gasteiger partial charge on any atom is 0.296 e. The van der Waals surface area contributed by atoms with E-state index in [9.17, 15) is 8.78 Å². The molecule has 0 bridgehead atoms. The summed E-state index contributed by atoms with van der Waals surface area (Å²) in [5, 5.41) is 9.11. The van der Waals surface area contributed by atoms with Crippen LogP contribution in [0.4, 0.5) is 20.7 Å². The van der Waals surface area contributed by atoms with Gasteiger partial charge in [0, 0.05) is 26.2 Å². The molecule has 34 heavy (non-hydrogen) atoms. The van der Waals surface area contributed by atoms with Crippen molar-refractivity contribution in [3.05, 3.63) is 24.0 Å². The summed E-state index contributed by atoms with van der Waals surface area (Å²) < 4.78 is 46.0. The van der Waals surface area contributed by atoms with Crippen molar-refractivity contribution < 1.29 is 28.1 Å². The maximum atomic E-state index is 14.2. The minimum absolute atomic E-state index is 0.0180. The van der Waals surface area contributed by atoms with E-state index in [-0.39, 0.29) is 24.7 Å². The van der Waals surface area contributed by atoms with E-state index in [0.29, 0.717) is 75.8 Å². The van der Waals surface area contributed by atoms with Crippen molar-refractivity contribution in [1.29, 1.82) is 0 Å². The van der Waals surface area contributed by atoms with Crippen LogP contribution in [-0.4, -0.2) is 95.4 Å². The first kappa shape index (κ1) is 22.6. The molecular weight excluding hydrogens is 452 g/mol. The SMILES string of the molecule is OCCOc1cccc2c1nc(C(F)F)n2-c1nc(N2CCOCC2)nc(N2CCOCC2)n1. The van der Waals surface area contributed by atoms with E-state index in [2.05, 4.69) is 19.9 Å². The number of halogens is 2. The van der Waals surface area contributed by atoms with Gasteiger partial charge in [0.2, 0.25) is 17.8 Å². The third-order valence-electron chi connectivity index (χ3n) is 5.61. The van der Waals surface area contributed by atoms with E-state index in [1.165, 1.54) is 4.57 Å². The number of aliphatic hydroxyl groups is 1. The number of aromatic nitrogens is 5. The van der Waals surface area contributed by atoms with Crippen molar-refractivity contribution in [3.63, 3.8) is 0 Å². The summed E-state index contributed by atoms with van der Waals surface area (Å²) in [6.07, 6.45) is -2.88. The molecule has 0 saturated carbocycles. The summed E-state index contributed by atoms with van der Waals surface area (Å²) in [6.45, 7) is 4.23. The standard InChI is InChI=1S/C21H25F2N7O4/c22-17(23)18-24-16-14(2-1-3-15(16)34-13-8-31)30(18)21-26-19(28-4-9-32-10-5-28)25-20(27-21)29-6-11-33-12-7-29/h1-3,17,31H,4-13H2. The van der Waals surface area contributed by atoms with E-state index >= 15 is 0 Å². The van der Waals surface area contributed by atoms with Crippen LogP contribution in [0.1, 0.15) is 12.2 Å². The summed E-state index contributed by atoms with van der Waals surface area (Å²) >= 11 is 0. The Labute approximate surface area is 193 Å². The zero-order valence-corrected chi connectivity index (χ0v) is 18.4. The fourth-order valence-electron chi connectivity index (χ4n) is 3.97. The van der Waals surface area contributed by atoms with Gasteiger partial charge in [0.1, 0.15) is 17.9 Å². The molecule has 2 fully saturated rings. The number of nitrogens with zero attached hydrogens (tertiary/aromatic N) is 7. The number of hydrogen-bond acceptors (Lipinski definition) is 10. The molecule has 4 heterocycles. The van der Waals surface area contributed by atoms with Crippen LogP contribution >= 0.6 is 0 Å². The number of anilines is 2. The zero-order chi connectivity index (χ0) is 23.5. The van der Waals surface area contributed by atoms with E-state index in [0.717, 1.165) is 0 Å². The Balaban J connectivity index is 1.67. The molecule has 2 aliphatic rings. The highest BCUT2D eigenvalue weighted by Crippen LogP contribution is 2.32. The molecule has 0 spiro atoms. The number of hydrogen-bond donors (Lipinski definition) is 1. The van der Waals surface area contributed by atoms with Crippen LogP contribution in [0.5, 0.6) is 5.75 Å². The van der Waals surface area contributed by atoms with Gasteiger partial charge in [0.25, 0.3) is 6.43 Å². The van der Waals surface area contributed by atoms with E-state index in [4.69, 9.17) is 19.3 Å². The first-order valence-electron chi connectivity index (χ1n) is 11.1. The van der Waals surface area contributed by atoms with Crippen molar-refractivity contribution in [2.45, 2.75) is 6.43 Å². The molecular formula is C21H25F2N7O4. The number of alkyl halides is 2. The van der Waals surface area contributed by atoms with Gasteiger partial charge in [0.05, 0.1) is 38.6 Å². The summed E-state index contributed by atoms with van der Waals surface area (Å²) in [5.41, 5.74) is 0.616. The number of rotatable bonds is 7. The topological polar surface area (TPSA) is 111 Å². The quantitative estimate of drug-likeness (QED) is 0.533. The number of fused-ring (bicyclic) bond motifs is 1. The number of para-hydroxylation sites is 1. The third kappa shape index (κ3) is 4.45. The van der Waals surface area contributed by atoms with Crippen LogP contribution in [0.3, 0.4) is 0 Å². The normalized spacial score (nSPS) is 17.1. The largest absolute Gasteiger partial charge is 0.489 e. The Morgan fingerprint density at radius 3 is 2.03 bits per heavy atom. The Morgan fingerprint density at radius 1 is 0.882 bits per heavy atom. The Bertz CT molecular complexity index is 1100. The zero-order valence-electron chi connectivity index (χ0n) is 18.4. The van der Waals surface area contributed by atoms with Gasteiger partial charge in [-0.3, -0.25) is 4.57 Å². The van der Waals surface area contributed by atoms with Crippen molar-refractivity contribution in [3.8, 4) is 11.7 Å². The molecule has 2 aliphatic heterocycles. The first-order chi connectivity index (χ1) is 16.7. The average molecular weight is 477 g/mol. The average Bonchev–Trinajstić information content (AvgIpc) is 3.29. The maximum absolute atomic E-state index is 14.2. The Hall–Kier alpha value is -3.16. The number of ether oxygens (including phenoxy) is 3. The molecule has 0 unspecified atom stereocenters. The number of morpholine rings is 2. The molecule has 5 rings (SSSR count). The van der Waals surface area contributed by atoms with Gasteiger partial charge in [0.15, 0.2) is 5.82 Å². The fraction of sp³-hybridized carbons (Fsp3) is 0.524. The number of benzene rings is 1. The van der Waals surface area contributed by atoms with Crippen LogP contribution in [0.2, 0.25) is 0 Å². The van der Waals surface area contributed by atoms with Crippen LogP contribution < -0.4 is 14.5 Å². The summed E-state index contributed by atoms with van der Waals surface area (Å²) in [7, 11) is 0. The Morgan fingerprint density at radius 2 is 1.47 bits per heavy atom. The predicted molar refractivity (Wildman–Crippen MR) is 118 cm³/mol. The Kier molecular flexibility index (Phi) is 6.65. The van der Waals surface area contributed by atoms with Crippen LogP contribution in [0.25, 0.3) is 17.0 Å². The third-order valence-corrected chi connectivity index (χ3v) is 5.61. The van der Waals surface area contributed by atoms with Gasteiger partial charge >= 0.3 is 0 Å². The van der Waals surface area contributed by atoms with Gasteiger partial charge in [-0.2, -0.15) is 15.0 Å². The minimum Gasteiger partial charge on any atom is -0.489 e. The van der Waals surface area contributed by atoms with Crippen molar-refractivity contribution in [2.24, 2.45) is 0 Å². The van der Waals surface area contributed by atoms with Crippen LogP contribution in [0.15, 0.2) is 18.2 Å². The molecule has 0 aliphatic carbocycles. The summed E-state index contributed by atoms with van der Waals surface area (Å²) in [5.74, 6) is 0.634. The van der Waals surface area contributed by atoms with Crippen LogP contribution in [-0.2, 0) is 9.47 Å². The molecule has 0 radical (unpaired) electrons. The second kappa shape index (κ2) is 9.99. The second-order valence-electron chi connectivity index (χ2n) is 7.74. The number of imidazole rings is 1. The van der Waals surface area contributed by atoms with Crippen LogP contribution in [0, 0.1) is 0 Å². The molecule has 1 aromatic carbocycles. The highest BCUT2D eigenvalue weighted by molar-refractivity contribution is 5.84. The van der Waals surface area contributed by atoms with Gasteiger partial charge in [-0.15, -0.1) is 0 Å². The molecule has 1 N–H and O–H groups in total. The van der Waals surface area contributed by atoms with Gasteiger partial charge in [-0.1, -0.05) is 6.07 Å². The van der Waals surface area contributed by atoms with E-state index in [1.807, 2.05) is 9.80 Å². The molecule has 2 saturated heterocycles.